The van der Waals surface area contributed by atoms with Crippen molar-refractivity contribution in [2.45, 2.75) is 45.7 Å². The third-order valence-corrected chi connectivity index (χ3v) is 6.57. The monoisotopic (exact) mass is 530 g/mol. The number of pyridine rings is 1. The molecule has 1 aromatic heterocycles. The summed E-state index contributed by atoms with van der Waals surface area (Å²) in [5.41, 5.74) is 1.80. The van der Waals surface area contributed by atoms with Gasteiger partial charge in [-0.05, 0) is 60.9 Å². The molecule has 0 bridgehead atoms. The van der Waals surface area contributed by atoms with Gasteiger partial charge in [0.2, 0.25) is 0 Å². The van der Waals surface area contributed by atoms with E-state index in [4.69, 9.17) is 14.2 Å². The average molecular weight is 531 g/mol. The minimum absolute atomic E-state index is 0.00127. The number of rotatable bonds is 12. The molecule has 3 aromatic rings. The molecule has 0 spiro atoms. The molecule has 0 aliphatic carbocycles. The summed E-state index contributed by atoms with van der Waals surface area (Å²) < 4.78 is 17.1. The Morgan fingerprint density at radius 2 is 1.77 bits per heavy atom. The number of benzene rings is 2. The van der Waals surface area contributed by atoms with Gasteiger partial charge in [-0.25, -0.2) is 0 Å². The number of aromatic nitrogens is 1. The number of carbonyl (C=O) groups is 2. The number of unbranched alkanes of at least 4 members (excludes halogenated alkanes) is 2. The lowest BCUT2D eigenvalue weighted by Crippen LogP contribution is -2.29. The first-order chi connectivity index (χ1) is 19.0. The molecule has 1 fully saturated rings. The first kappa shape index (κ1) is 27.7. The second kappa shape index (κ2) is 13.0. The lowest BCUT2D eigenvalue weighted by Gasteiger charge is -2.26. The Morgan fingerprint density at radius 3 is 2.49 bits per heavy atom. The normalized spacial score (nSPS) is 16.4. The maximum absolute atomic E-state index is 13.4. The molecule has 4 rings (SSSR count). The molecule has 39 heavy (non-hydrogen) atoms. The van der Waals surface area contributed by atoms with Gasteiger partial charge in [0.25, 0.3) is 11.7 Å². The fourth-order valence-corrected chi connectivity index (χ4v) is 4.64. The number of nitrogens with zero attached hydrogens (tertiary/aromatic N) is 2. The van der Waals surface area contributed by atoms with Crippen LogP contribution in [-0.2, 0) is 16.1 Å². The highest BCUT2D eigenvalue weighted by Crippen LogP contribution is 2.43. The minimum atomic E-state index is -0.850. The number of likely N-dealkylation sites (tertiary alicyclic amines) is 1. The third-order valence-electron chi connectivity index (χ3n) is 6.57. The zero-order chi connectivity index (χ0) is 27.8. The molecule has 1 unspecified atom stereocenters. The topological polar surface area (TPSA) is 98.2 Å². The van der Waals surface area contributed by atoms with Gasteiger partial charge >= 0.3 is 0 Å². The van der Waals surface area contributed by atoms with Crippen LogP contribution >= 0.6 is 0 Å². The Hall–Kier alpha value is -4.33. The molecule has 1 saturated heterocycles. The van der Waals surface area contributed by atoms with E-state index in [1.807, 2.05) is 6.92 Å². The number of ether oxygens (including phenoxy) is 3. The molecule has 1 aliphatic heterocycles. The van der Waals surface area contributed by atoms with Crippen molar-refractivity contribution in [2.75, 3.05) is 20.3 Å². The van der Waals surface area contributed by atoms with Crippen LogP contribution in [0.3, 0.4) is 0 Å². The summed E-state index contributed by atoms with van der Waals surface area (Å²) in [7, 11) is 1.55. The van der Waals surface area contributed by atoms with Gasteiger partial charge in [-0.3, -0.25) is 14.6 Å². The number of Topliss-reactive ketones (excluding diaryl/α,β-unsaturated/α-hetero) is 1. The number of hydrogen-bond donors (Lipinski definition) is 1. The van der Waals surface area contributed by atoms with Crippen molar-refractivity contribution in [1.29, 1.82) is 0 Å². The fourth-order valence-electron chi connectivity index (χ4n) is 4.64. The molecule has 204 valence electrons. The van der Waals surface area contributed by atoms with Crippen LogP contribution in [0.4, 0.5) is 0 Å². The smallest absolute Gasteiger partial charge is 0.295 e. The summed E-state index contributed by atoms with van der Waals surface area (Å²) in [5.74, 6) is -0.110. The summed E-state index contributed by atoms with van der Waals surface area (Å²) in [6.45, 7) is 5.16. The van der Waals surface area contributed by atoms with Gasteiger partial charge in [0.1, 0.15) is 11.5 Å². The first-order valence-electron chi connectivity index (χ1n) is 13.2. The van der Waals surface area contributed by atoms with E-state index in [9.17, 15) is 14.7 Å². The molecule has 1 N–H and O–H groups in total. The first-order valence-corrected chi connectivity index (χ1v) is 13.2. The van der Waals surface area contributed by atoms with Gasteiger partial charge in [-0.2, -0.15) is 0 Å². The van der Waals surface area contributed by atoms with Crippen LogP contribution in [0.2, 0.25) is 0 Å². The van der Waals surface area contributed by atoms with E-state index in [1.165, 1.54) is 4.90 Å². The fraction of sp³-hybridized carbons (Fsp3) is 0.323. The van der Waals surface area contributed by atoms with Crippen molar-refractivity contribution < 1.29 is 28.9 Å². The minimum Gasteiger partial charge on any atom is -0.507 e. The lowest BCUT2D eigenvalue weighted by molar-refractivity contribution is -0.140. The van der Waals surface area contributed by atoms with E-state index in [0.29, 0.717) is 41.6 Å². The maximum Gasteiger partial charge on any atom is 0.295 e. The van der Waals surface area contributed by atoms with Gasteiger partial charge in [-0.1, -0.05) is 38.0 Å². The summed E-state index contributed by atoms with van der Waals surface area (Å²) in [6.07, 6.45) is 6.34. The molecule has 8 heteroatoms. The molecule has 1 atom stereocenters. The Bertz CT molecular complexity index is 1340. The largest absolute Gasteiger partial charge is 0.507 e. The van der Waals surface area contributed by atoms with Crippen LogP contribution < -0.4 is 14.2 Å². The Morgan fingerprint density at radius 1 is 0.974 bits per heavy atom. The van der Waals surface area contributed by atoms with Gasteiger partial charge in [0.15, 0.2) is 11.5 Å². The van der Waals surface area contributed by atoms with Crippen LogP contribution in [0.5, 0.6) is 17.2 Å². The molecule has 0 radical (unpaired) electrons. The van der Waals surface area contributed by atoms with E-state index in [0.717, 1.165) is 24.8 Å². The molecule has 0 saturated carbocycles. The zero-order valence-corrected chi connectivity index (χ0v) is 22.6. The summed E-state index contributed by atoms with van der Waals surface area (Å²) >= 11 is 0. The second-order valence-electron chi connectivity index (χ2n) is 9.21. The Kier molecular flexibility index (Phi) is 9.20. The molecule has 2 aromatic carbocycles. The van der Waals surface area contributed by atoms with Crippen LogP contribution in [0.15, 0.2) is 72.6 Å². The number of ketones is 1. The average Bonchev–Trinajstić information content (AvgIpc) is 3.20. The Labute approximate surface area is 228 Å². The maximum atomic E-state index is 13.4. The number of methoxy groups -OCH3 is 1. The molecular formula is C31H34N2O6. The van der Waals surface area contributed by atoms with Crippen molar-refractivity contribution in [2.24, 2.45) is 0 Å². The van der Waals surface area contributed by atoms with E-state index in [1.54, 1.807) is 74.1 Å². The number of carbonyl (C=O) groups excluding carboxylic acids is 2. The van der Waals surface area contributed by atoms with Gasteiger partial charge < -0.3 is 24.2 Å². The van der Waals surface area contributed by atoms with Crippen molar-refractivity contribution in [3.63, 3.8) is 0 Å². The number of amides is 1. The number of aliphatic hydroxyl groups excluding tert-OH is 1. The highest BCUT2D eigenvalue weighted by Gasteiger charge is 2.46. The quantitative estimate of drug-likeness (QED) is 0.139. The van der Waals surface area contributed by atoms with Crippen LogP contribution in [0.1, 0.15) is 55.8 Å². The standard InChI is InChI=1S/C31H34N2O6/c1-4-6-7-17-39-25-12-11-22(19-26(25)37-3)28-27(29(34)23-9-8-10-24(18-23)38-5-2)30(35)31(36)33(28)20-21-13-15-32-16-14-21/h8-16,18-19,28,34H,4-7,17,20H2,1-3H3/b29-27+. The highest BCUT2D eigenvalue weighted by molar-refractivity contribution is 6.46. The van der Waals surface area contributed by atoms with Gasteiger partial charge in [0, 0.05) is 24.5 Å². The van der Waals surface area contributed by atoms with Crippen LogP contribution in [0.25, 0.3) is 5.76 Å². The SMILES string of the molecule is CCCCCOc1ccc(C2/C(=C(\O)c3cccc(OCC)c3)C(=O)C(=O)N2Cc2ccncc2)cc1OC. The summed E-state index contributed by atoms with van der Waals surface area (Å²) in [6, 6.07) is 14.9. The van der Waals surface area contributed by atoms with Gasteiger partial charge in [0.05, 0.1) is 31.9 Å². The van der Waals surface area contributed by atoms with Gasteiger partial charge in [-0.15, -0.1) is 0 Å². The van der Waals surface area contributed by atoms with Crippen LogP contribution in [0, 0.1) is 0 Å². The summed E-state index contributed by atoms with van der Waals surface area (Å²) in [5, 5.41) is 11.4. The second-order valence-corrected chi connectivity index (χ2v) is 9.21. The molecule has 2 heterocycles. The predicted molar refractivity (Wildman–Crippen MR) is 148 cm³/mol. The zero-order valence-electron chi connectivity index (χ0n) is 22.6. The number of hydrogen-bond acceptors (Lipinski definition) is 7. The van der Waals surface area contributed by atoms with Crippen molar-refractivity contribution in [3.05, 3.63) is 89.3 Å². The van der Waals surface area contributed by atoms with E-state index >= 15 is 0 Å². The molecule has 1 aliphatic rings. The van der Waals surface area contributed by atoms with E-state index in [-0.39, 0.29) is 17.9 Å². The highest BCUT2D eigenvalue weighted by atomic mass is 16.5. The van der Waals surface area contributed by atoms with Crippen molar-refractivity contribution >= 4 is 17.4 Å². The predicted octanol–water partition coefficient (Wildman–Crippen LogP) is 5.68. The number of aliphatic hydroxyl groups is 1. The van der Waals surface area contributed by atoms with Crippen molar-refractivity contribution in [3.8, 4) is 17.2 Å². The Balaban J connectivity index is 1.80. The summed E-state index contributed by atoms with van der Waals surface area (Å²) in [4.78, 5) is 32.3. The van der Waals surface area contributed by atoms with E-state index in [2.05, 4.69) is 11.9 Å². The molecule has 1 amide bonds. The van der Waals surface area contributed by atoms with E-state index < -0.39 is 17.7 Å². The molecule has 8 nitrogen and oxygen atoms in total. The lowest BCUT2D eigenvalue weighted by atomic mass is 9.94. The van der Waals surface area contributed by atoms with Crippen molar-refractivity contribution in [1.82, 2.24) is 9.88 Å². The van der Waals surface area contributed by atoms with Crippen LogP contribution in [-0.4, -0.2) is 47.0 Å². The third kappa shape index (κ3) is 6.22. The molecular weight excluding hydrogens is 496 g/mol.